The maximum Gasteiger partial charge on any atom is 0.408 e. The van der Waals surface area contributed by atoms with Crippen molar-refractivity contribution in [2.24, 2.45) is 0 Å². The predicted molar refractivity (Wildman–Crippen MR) is 79.1 cm³/mol. The van der Waals surface area contributed by atoms with Gasteiger partial charge in [0.05, 0.1) is 25.8 Å². The predicted octanol–water partition coefficient (Wildman–Crippen LogP) is 4.25. The monoisotopic (exact) mass is 322 g/mol. The summed E-state index contributed by atoms with van der Waals surface area (Å²) in [4.78, 5) is 14.4. The van der Waals surface area contributed by atoms with E-state index in [1.165, 1.54) is 23.8 Å². The number of rotatable bonds is 3. The molecule has 23 heavy (non-hydrogen) atoms. The van der Waals surface area contributed by atoms with Crippen molar-refractivity contribution in [1.29, 1.82) is 0 Å². The van der Waals surface area contributed by atoms with Gasteiger partial charge in [0.1, 0.15) is 0 Å². The molecule has 0 N–H and O–H groups in total. The lowest BCUT2D eigenvalue weighted by molar-refractivity contribution is -0.136. The first-order valence-electron chi connectivity index (χ1n) is 6.54. The molecule has 0 saturated carbocycles. The number of hydrogen-bond acceptors (Lipinski definition) is 2. The van der Waals surface area contributed by atoms with Crippen molar-refractivity contribution in [3.05, 3.63) is 53.0 Å². The van der Waals surface area contributed by atoms with Gasteiger partial charge >= 0.3 is 12.1 Å². The number of esters is 1. The summed E-state index contributed by atoms with van der Waals surface area (Å²) in [5, 5.41) is -0.0684. The molecule has 0 unspecified atom stereocenters. The van der Waals surface area contributed by atoms with Crippen molar-refractivity contribution in [3.63, 3.8) is 0 Å². The van der Waals surface area contributed by atoms with Crippen LogP contribution in [-0.4, -0.2) is 17.6 Å². The number of halogens is 3. The molecule has 7 heteroatoms. The van der Waals surface area contributed by atoms with Crippen molar-refractivity contribution >= 4 is 22.6 Å². The minimum Gasteiger partial charge on any atom is -0.466 e. The van der Waals surface area contributed by atoms with Crippen LogP contribution in [0.25, 0.3) is 15.7 Å². The SMILES string of the molecule is [C-]#[N+]c1ccc2c(cc(C)n2CC(=C)C(=O)OC)c1C(F)(F)F. The first kappa shape index (κ1) is 16.6. The van der Waals surface area contributed by atoms with E-state index < -0.39 is 23.4 Å². The first-order chi connectivity index (χ1) is 10.7. The van der Waals surface area contributed by atoms with Crippen LogP contribution in [0.4, 0.5) is 18.9 Å². The highest BCUT2D eigenvalue weighted by Gasteiger charge is 2.36. The lowest BCUT2D eigenvalue weighted by atomic mass is 10.1. The molecule has 120 valence electrons. The minimum atomic E-state index is -4.64. The van der Waals surface area contributed by atoms with Crippen LogP contribution >= 0.6 is 0 Å². The fraction of sp³-hybridized carbons (Fsp3) is 0.250. The lowest BCUT2D eigenvalue weighted by Crippen LogP contribution is -2.11. The second kappa shape index (κ2) is 5.80. The van der Waals surface area contributed by atoms with Gasteiger partial charge in [0.15, 0.2) is 5.69 Å². The molecule has 0 radical (unpaired) electrons. The van der Waals surface area contributed by atoms with Crippen molar-refractivity contribution in [1.82, 2.24) is 4.57 Å². The normalized spacial score (nSPS) is 11.3. The number of carbonyl (C=O) groups is 1. The Bertz CT molecular complexity index is 842. The number of nitrogens with zero attached hydrogens (tertiary/aromatic N) is 2. The second-order valence-corrected chi connectivity index (χ2v) is 4.97. The van der Waals surface area contributed by atoms with E-state index in [1.54, 1.807) is 6.92 Å². The third kappa shape index (κ3) is 2.93. The molecule has 0 aliphatic heterocycles. The van der Waals surface area contributed by atoms with Crippen LogP contribution in [0.2, 0.25) is 0 Å². The summed E-state index contributed by atoms with van der Waals surface area (Å²) in [7, 11) is 1.21. The van der Waals surface area contributed by atoms with Gasteiger partial charge in [-0.1, -0.05) is 12.6 Å². The van der Waals surface area contributed by atoms with Crippen LogP contribution in [-0.2, 0) is 22.3 Å². The number of benzene rings is 1. The zero-order valence-electron chi connectivity index (χ0n) is 12.5. The molecule has 2 rings (SSSR count). The zero-order valence-corrected chi connectivity index (χ0v) is 12.5. The van der Waals surface area contributed by atoms with Gasteiger partial charge in [-0.2, -0.15) is 13.2 Å². The summed E-state index contributed by atoms with van der Waals surface area (Å²) in [6, 6.07) is 3.93. The van der Waals surface area contributed by atoms with Gasteiger partial charge in [-0.25, -0.2) is 9.64 Å². The number of aryl methyl sites for hydroxylation is 1. The van der Waals surface area contributed by atoms with Crippen molar-refractivity contribution in [3.8, 4) is 0 Å². The maximum atomic E-state index is 13.3. The molecule has 0 aliphatic rings. The number of fused-ring (bicyclic) bond motifs is 1. The van der Waals surface area contributed by atoms with E-state index in [1.807, 2.05) is 0 Å². The standard InChI is InChI=1S/C16H13F3N2O2/c1-9(15(22)23-4)8-21-10(2)7-11-13(21)6-5-12(20-3)14(11)16(17,18)19/h5-7H,1,8H2,2,4H3. The molecule has 0 atom stereocenters. The highest BCUT2D eigenvalue weighted by molar-refractivity contribution is 5.91. The molecule has 1 aromatic heterocycles. The molecule has 0 fully saturated rings. The first-order valence-corrected chi connectivity index (χ1v) is 6.54. The molecule has 0 bridgehead atoms. The fourth-order valence-corrected chi connectivity index (χ4v) is 2.46. The van der Waals surface area contributed by atoms with Crippen LogP contribution in [0.3, 0.4) is 0 Å². The number of ether oxygens (including phenoxy) is 1. The van der Waals surface area contributed by atoms with E-state index >= 15 is 0 Å². The number of methoxy groups -OCH3 is 1. The topological polar surface area (TPSA) is 35.6 Å². The van der Waals surface area contributed by atoms with Crippen molar-refractivity contribution < 1.29 is 22.7 Å². The van der Waals surface area contributed by atoms with E-state index in [0.717, 1.165) is 6.07 Å². The molecule has 1 aromatic carbocycles. The van der Waals surface area contributed by atoms with Gasteiger partial charge < -0.3 is 9.30 Å². The third-order valence-electron chi connectivity index (χ3n) is 3.50. The Hall–Kier alpha value is -2.75. The fourth-order valence-electron chi connectivity index (χ4n) is 2.46. The number of aromatic nitrogens is 1. The molecular formula is C16H13F3N2O2. The zero-order chi connectivity index (χ0) is 17.4. The molecule has 0 saturated heterocycles. The lowest BCUT2D eigenvalue weighted by Gasteiger charge is -2.12. The van der Waals surface area contributed by atoms with E-state index in [4.69, 9.17) is 6.57 Å². The van der Waals surface area contributed by atoms with Crippen LogP contribution in [0.5, 0.6) is 0 Å². The largest absolute Gasteiger partial charge is 0.466 e. The van der Waals surface area contributed by atoms with Gasteiger partial charge in [0.25, 0.3) is 0 Å². The van der Waals surface area contributed by atoms with Gasteiger partial charge in [-0.05, 0) is 19.1 Å². The van der Waals surface area contributed by atoms with Crippen molar-refractivity contribution in [2.45, 2.75) is 19.6 Å². The third-order valence-corrected chi connectivity index (χ3v) is 3.50. The molecule has 0 aliphatic carbocycles. The highest BCUT2D eigenvalue weighted by Crippen LogP contribution is 2.42. The molecule has 0 amide bonds. The summed E-state index contributed by atoms with van der Waals surface area (Å²) >= 11 is 0. The smallest absolute Gasteiger partial charge is 0.408 e. The summed E-state index contributed by atoms with van der Waals surface area (Å²) in [5.74, 6) is -0.625. The second-order valence-electron chi connectivity index (χ2n) is 4.97. The maximum absolute atomic E-state index is 13.3. The Morgan fingerprint density at radius 1 is 1.43 bits per heavy atom. The summed E-state index contributed by atoms with van der Waals surface area (Å²) in [5.41, 5.74) is -0.481. The Kier molecular flexibility index (Phi) is 4.19. The van der Waals surface area contributed by atoms with E-state index in [0.29, 0.717) is 5.69 Å². The van der Waals surface area contributed by atoms with Gasteiger partial charge in [0, 0.05) is 22.2 Å². The Morgan fingerprint density at radius 2 is 2.09 bits per heavy atom. The van der Waals surface area contributed by atoms with Gasteiger partial charge in [-0.15, -0.1) is 0 Å². The minimum absolute atomic E-state index is 0.0106. The van der Waals surface area contributed by atoms with Crippen LogP contribution in [0.15, 0.2) is 30.4 Å². The van der Waals surface area contributed by atoms with E-state index in [-0.39, 0.29) is 23.0 Å². The number of alkyl halides is 3. The Morgan fingerprint density at radius 3 is 2.61 bits per heavy atom. The molecular weight excluding hydrogens is 309 g/mol. The molecule has 1 heterocycles. The quantitative estimate of drug-likeness (QED) is 0.481. The Balaban J connectivity index is 2.67. The average molecular weight is 322 g/mol. The molecule has 0 spiro atoms. The van der Waals surface area contributed by atoms with Crippen LogP contribution in [0.1, 0.15) is 11.3 Å². The summed E-state index contributed by atoms with van der Waals surface area (Å²) in [6.07, 6.45) is -4.64. The highest BCUT2D eigenvalue weighted by atomic mass is 19.4. The molecule has 4 nitrogen and oxygen atoms in total. The van der Waals surface area contributed by atoms with Crippen LogP contribution in [0, 0.1) is 13.5 Å². The Labute approximate surface area is 130 Å². The van der Waals surface area contributed by atoms with Gasteiger partial charge in [0.2, 0.25) is 0 Å². The summed E-state index contributed by atoms with van der Waals surface area (Å²) < 4.78 is 46.0. The van der Waals surface area contributed by atoms with Gasteiger partial charge in [-0.3, -0.25) is 0 Å². The summed E-state index contributed by atoms with van der Waals surface area (Å²) in [6.45, 7) is 12.2. The van der Waals surface area contributed by atoms with E-state index in [9.17, 15) is 18.0 Å². The van der Waals surface area contributed by atoms with Crippen LogP contribution < -0.4 is 0 Å². The number of hydrogen-bond donors (Lipinski definition) is 0. The molecule has 2 aromatic rings. The van der Waals surface area contributed by atoms with Crippen molar-refractivity contribution in [2.75, 3.05) is 7.11 Å². The number of carbonyl (C=O) groups excluding carboxylic acids is 1. The average Bonchev–Trinajstić information content (AvgIpc) is 2.79. The van der Waals surface area contributed by atoms with E-state index in [2.05, 4.69) is 16.2 Å².